The lowest BCUT2D eigenvalue weighted by Crippen LogP contribution is -2.51. The maximum atomic E-state index is 6.38. The molecule has 2 saturated heterocycles. The van der Waals surface area contributed by atoms with Gasteiger partial charge in [0.1, 0.15) is 30.5 Å². The normalized spacial score (nSPS) is 31.4. The van der Waals surface area contributed by atoms with Crippen LogP contribution in [0.2, 0.25) is 0 Å². The fourth-order valence-corrected chi connectivity index (χ4v) is 3.54. The third kappa shape index (κ3) is 8.42. The number of epoxide rings is 1. The Balaban J connectivity index is 2.11. The van der Waals surface area contributed by atoms with Crippen LogP contribution in [0, 0.1) is 0 Å². The Bertz CT molecular complexity index is 407. The molecule has 2 aliphatic heterocycles. The average Bonchev–Trinajstić information content (AvgIpc) is 3.49. The second-order valence-electron chi connectivity index (χ2n) is 8.14. The lowest BCUT2D eigenvalue weighted by molar-refractivity contribution is -0.192. The van der Waals surface area contributed by atoms with E-state index in [1.807, 2.05) is 0 Å². The minimum Gasteiger partial charge on any atom is -0.379 e. The van der Waals surface area contributed by atoms with Gasteiger partial charge in [0.05, 0.1) is 6.61 Å². The molecule has 0 aromatic heterocycles. The molecule has 2 rings (SSSR count). The molecule has 0 N–H and O–H groups in total. The van der Waals surface area contributed by atoms with Crippen molar-refractivity contribution in [2.24, 2.45) is 0 Å². The van der Waals surface area contributed by atoms with Crippen molar-refractivity contribution in [3.05, 3.63) is 0 Å². The summed E-state index contributed by atoms with van der Waals surface area (Å²) in [5.74, 6) is 0. The Morgan fingerprint density at radius 2 is 1.10 bits per heavy atom. The predicted octanol–water partition coefficient (Wildman–Crippen LogP) is 4.48. The van der Waals surface area contributed by atoms with Crippen molar-refractivity contribution in [1.29, 1.82) is 0 Å². The summed E-state index contributed by atoms with van der Waals surface area (Å²) >= 11 is 0. The summed E-state index contributed by atoms with van der Waals surface area (Å²) < 4.78 is 37.0. The van der Waals surface area contributed by atoms with Crippen LogP contribution in [0.1, 0.15) is 79.1 Å². The van der Waals surface area contributed by atoms with Crippen molar-refractivity contribution in [3.8, 4) is 0 Å². The van der Waals surface area contributed by atoms with Gasteiger partial charge in [-0.15, -0.1) is 0 Å². The molecular weight excluding hydrogens is 372 g/mol. The first-order valence-corrected chi connectivity index (χ1v) is 12.0. The monoisotopic (exact) mass is 416 g/mol. The van der Waals surface area contributed by atoms with E-state index in [1.165, 1.54) is 0 Å². The van der Waals surface area contributed by atoms with Crippen LogP contribution < -0.4 is 0 Å². The number of fused-ring (bicyclic) bond motifs is 1. The van der Waals surface area contributed by atoms with Gasteiger partial charge >= 0.3 is 0 Å². The number of rotatable bonds is 17. The van der Waals surface area contributed by atoms with Crippen LogP contribution in [-0.4, -0.2) is 69.8 Å². The molecule has 2 heterocycles. The Hall–Kier alpha value is -0.240. The van der Waals surface area contributed by atoms with Gasteiger partial charge in [0.25, 0.3) is 0 Å². The van der Waals surface area contributed by atoms with Crippen molar-refractivity contribution >= 4 is 0 Å². The predicted molar refractivity (Wildman–Crippen MR) is 113 cm³/mol. The minimum atomic E-state index is -0.238. The Labute approximate surface area is 177 Å². The summed E-state index contributed by atoms with van der Waals surface area (Å²) in [6, 6.07) is 0. The van der Waals surface area contributed by atoms with Crippen LogP contribution in [0.5, 0.6) is 0 Å². The lowest BCUT2D eigenvalue weighted by Gasteiger charge is -2.35. The van der Waals surface area contributed by atoms with E-state index in [-0.39, 0.29) is 36.8 Å². The Kier molecular flexibility index (Phi) is 12.7. The fraction of sp³-hybridized carbons (Fsp3) is 1.00. The Morgan fingerprint density at radius 3 is 1.69 bits per heavy atom. The van der Waals surface area contributed by atoms with Crippen molar-refractivity contribution in [2.45, 2.75) is 116 Å². The molecule has 0 saturated carbocycles. The van der Waals surface area contributed by atoms with E-state index in [0.717, 1.165) is 58.0 Å². The molecule has 6 atom stereocenters. The van der Waals surface area contributed by atoms with Crippen LogP contribution in [0.4, 0.5) is 0 Å². The minimum absolute atomic E-state index is 0.0728. The van der Waals surface area contributed by atoms with Crippen molar-refractivity contribution < 1.29 is 28.4 Å². The van der Waals surface area contributed by atoms with Crippen molar-refractivity contribution in [2.75, 3.05) is 33.0 Å². The van der Waals surface area contributed by atoms with E-state index in [4.69, 9.17) is 28.4 Å². The lowest BCUT2D eigenvalue weighted by atomic mass is 10.0. The van der Waals surface area contributed by atoms with Gasteiger partial charge in [-0.3, -0.25) is 0 Å². The van der Waals surface area contributed by atoms with E-state index in [9.17, 15) is 0 Å². The molecule has 0 amide bonds. The Morgan fingerprint density at radius 1 is 0.586 bits per heavy atom. The van der Waals surface area contributed by atoms with Gasteiger partial charge in [-0.1, -0.05) is 53.4 Å². The first-order valence-electron chi connectivity index (χ1n) is 12.0. The molecule has 2 fully saturated rings. The highest BCUT2D eigenvalue weighted by Crippen LogP contribution is 2.38. The van der Waals surface area contributed by atoms with E-state index >= 15 is 0 Å². The molecule has 2 aliphatic rings. The van der Waals surface area contributed by atoms with Gasteiger partial charge < -0.3 is 28.4 Å². The van der Waals surface area contributed by atoms with Crippen LogP contribution >= 0.6 is 0 Å². The zero-order chi connectivity index (χ0) is 20.9. The molecule has 172 valence electrons. The van der Waals surface area contributed by atoms with Gasteiger partial charge in [0.15, 0.2) is 6.29 Å². The van der Waals surface area contributed by atoms with Crippen LogP contribution in [-0.2, 0) is 28.4 Å². The molecule has 0 bridgehead atoms. The van der Waals surface area contributed by atoms with Crippen molar-refractivity contribution in [3.63, 3.8) is 0 Å². The molecular formula is C23H44O6. The van der Waals surface area contributed by atoms with Gasteiger partial charge in [0.2, 0.25) is 0 Å². The zero-order valence-electron chi connectivity index (χ0n) is 19.1. The largest absolute Gasteiger partial charge is 0.379 e. The number of unbranched alkanes of at least 4 members (excludes halogenated alkanes) is 4. The molecule has 0 aliphatic carbocycles. The van der Waals surface area contributed by atoms with Crippen molar-refractivity contribution in [1.82, 2.24) is 0 Å². The van der Waals surface area contributed by atoms with E-state index in [1.54, 1.807) is 0 Å². The van der Waals surface area contributed by atoms with Crippen LogP contribution in [0.25, 0.3) is 0 Å². The first-order chi connectivity index (χ1) is 14.3. The topological polar surface area (TPSA) is 58.7 Å². The van der Waals surface area contributed by atoms with E-state index in [2.05, 4.69) is 27.7 Å². The highest BCUT2D eigenvalue weighted by Gasteiger charge is 2.58. The molecule has 0 aromatic carbocycles. The van der Waals surface area contributed by atoms with Crippen LogP contribution in [0.3, 0.4) is 0 Å². The van der Waals surface area contributed by atoms with Gasteiger partial charge in [-0.05, 0) is 25.7 Å². The third-order valence-electron chi connectivity index (χ3n) is 5.48. The second-order valence-corrected chi connectivity index (χ2v) is 8.14. The van der Waals surface area contributed by atoms with Gasteiger partial charge in [0, 0.05) is 26.4 Å². The molecule has 29 heavy (non-hydrogen) atoms. The highest BCUT2D eigenvalue weighted by molar-refractivity contribution is 5.00. The summed E-state index contributed by atoms with van der Waals surface area (Å²) in [7, 11) is 0. The molecule has 0 unspecified atom stereocenters. The number of hydrogen-bond acceptors (Lipinski definition) is 6. The standard InChI is InChI=1S/C23H44O6/c1-5-9-13-24-17-18-19(25-14-10-6-2)20(26-15-11-7-3)21(27-16-12-8-4)22-23(28-18)29-22/h18-23H,5-17H2,1-4H3/t18-,19-,20+,21-,22-,23-/m1/s1. The number of ether oxygens (including phenoxy) is 6. The molecule has 0 radical (unpaired) electrons. The second kappa shape index (κ2) is 14.7. The summed E-state index contributed by atoms with van der Waals surface area (Å²) in [4.78, 5) is 0. The molecule has 0 spiro atoms. The average molecular weight is 417 g/mol. The van der Waals surface area contributed by atoms with E-state index in [0.29, 0.717) is 26.4 Å². The smallest absolute Gasteiger partial charge is 0.187 e. The maximum absolute atomic E-state index is 6.38. The van der Waals surface area contributed by atoms with Gasteiger partial charge in [-0.25, -0.2) is 0 Å². The molecule has 6 nitrogen and oxygen atoms in total. The summed E-state index contributed by atoms with van der Waals surface area (Å²) in [6.07, 6.45) is 7.45. The first kappa shape index (κ1) is 25.0. The molecule has 6 heteroatoms. The van der Waals surface area contributed by atoms with E-state index < -0.39 is 0 Å². The quantitative estimate of drug-likeness (QED) is 0.257. The SMILES string of the molecule is CCCCOC[C@H]1O[C@@H]2O[C@@H]2[C@H](OCCCC)[C@@H](OCCCC)[C@@H]1OCCCC. The third-order valence-corrected chi connectivity index (χ3v) is 5.48. The number of hydrogen-bond donors (Lipinski definition) is 0. The fourth-order valence-electron chi connectivity index (χ4n) is 3.54. The van der Waals surface area contributed by atoms with Crippen LogP contribution in [0.15, 0.2) is 0 Å². The maximum Gasteiger partial charge on any atom is 0.187 e. The summed E-state index contributed by atoms with van der Waals surface area (Å²) in [6.45, 7) is 12.0. The molecule has 0 aromatic rings. The van der Waals surface area contributed by atoms with Gasteiger partial charge in [-0.2, -0.15) is 0 Å². The summed E-state index contributed by atoms with van der Waals surface area (Å²) in [5.41, 5.74) is 0. The zero-order valence-corrected chi connectivity index (χ0v) is 19.1. The summed E-state index contributed by atoms with van der Waals surface area (Å²) in [5, 5.41) is 0. The highest BCUT2D eigenvalue weighted by atomic mass is 16.8.